The zero-order valence-corrected chi connectivity index (χ0v) is 9.58. The quantitative estimate of drug-likeness (QED) is 0.823. The number of methoxy groups -OCH3 is 1. The standard InChI is InChI=1S/C11H12F3NO3/c1-17-10(16)7-15-6-8-2-4-9(5-3-8)18-11(12,13)14/h2-5,15H,6-7H2,1H3. The Morgan fingerprint density at radius 2 is 1.89 bits per heavy atom. The molecule has 1 aromatic rings. The summed E-state index contributed by atoms with van der Waals surface area (Å²) in [4.78, 5) is 10.8. The van der Waals surface area contributed by atoms with E-state index < -0.39 is 12.3 Å². The number of nitrogens with one attached hydrogen (secondary N) is 1. The number of hydrogen-bond donors (Lipinski definition) is 1. The Labute approximate surface area is 102 Å². The fraction of sp³-hybridized carbons (Fsp3) is 0.364. The van der Waals surface area contributed by atoms with E-state index in [0.29, 0.717) is 6.54 Å². The second-order valence-electron chi connectivity index (χ2n) is 3.37. The first-order valence-corrected chi connectivity index (χ1v) is 5.03. The highest BCUT2D eigenvalue weighted by Crippen LogP contribution is 2.22. The number of alkyl halides is 3. The summed E-state index contributed by atoms with van der Waals surface area (Å²) in [5, 5.41) is 2.78. The van der Waals surface area contributed by atoms with Crippen LogP contribution in [0.2, 0.25) is 0 Å². The number of carbonyl (C=O) groups is 1. The molecule has 0 aliphatic heterocycles. The molecule has 0 saturated heterocycles. The van der Waals surface area contributed by atoms with Gasteiger partial charge in [0.05, 0.1) is 13.7 Å². The molecule has 0 aromatic heterocycles. The van der Waals surface area contributed by atoms with Gasteiger partial charge >= 0.3 is 12.3 Å². The van der Waals surface area contributed by atoms with E-state index in [-0.39, 0.29) is 12.3 Å². The second kappa shape index (κ2) is 6.25. The van der Waals surface area contributed by atoms with Crippen LogP contribution in [0.1, 0.15) is 5.56 Å². The minimum Gasteiger partial charge on any atom is -0.468 e. The Morgan fingerprint density at radius 1 is 1.28 bits per heavy atom. The molecule has 0 spiro atoms. The van der Waals surface area contributed by atoms with Crippen molar-refractivity contribution in [3.05, 3.63) is 29.8 Å². The van der Waals surface area contributed by atoms with Crippen LogP contribution in [0, 0.1) is 0 Å². The maximum Gasteiger partial charge on any atom is 0.573 e. The van der Waals surface area contributed by atoms with E-state index in [9.17, 15) is 18.0 Å². The lowest BCUT2D eigenvalue weighted by atomic mass is 10.2. The molecular formula is C11H12F3NO3. The number of esters is 1. The van der Waals surface area contributed by atoms with Crippen LogP contribution in [0.15, 0.2) is 24.3 Å². The van der Waals surface area contributed by atoms with Gasteiger partial charge in [0.25, 0.3) is 0 Å². The van der Waals surface area contributed by atoms with Crippen molar-refractivity contribution in [1.82, 2.24) is 5.32 Å². The molecule has 100 valence electrons. The molecule has 0 heterocycles. The van der Waals surface area contributed by atoms with Gasteiger partial charge in [0.2, 0.25) is 0 Å². The van der Waals surface area contributed by atoms with E-state index in [2.05, 4.69) is 14.8 Å². The lowest BCUT2D eigenvalue weighted by molar-refractivity contribution is -0.274. The van der Waals surface area contributed by atoms with Gasteiger partial charge in [0.1, 0.15) is 5.75 Å². The maximum atomic E-state index is 11.9. The summed E-state index contributed by atoms with van der Waals surface area (Å²) in [6.07, 6.45) is -4.69. The second-order valence-corrected chi connectivity index (χ2v) is 3.37. The molecule has 0 bridgehead atoms. The van der Waals surface area contributed by atoms with Gasteiger partial charge in [0.15, 0.2) is 0 Å². The topological polar surface area (TPSA) is 47.6 Å². The van der Waals surface area contributed by atoms with Crippen molar-refractivity contribution in [3.8, 4) is 5.75 Å². The molecular weight excluding hydrogens is 251 g/mol. The van der Waals surface area contributed by atoms with Gasteiger partial charge in [-0.25, -0.2) is 0 Å². The van der Waals surface area contributed by atoms with Crippen LogP contribution in [-0.4, -0.2) is 26.0 Å². The molecule has 0 aliphatic carbocycles. The molecule has 4 nitrogen and oxygen atoms in total. The van der Waals surface area contributed by atoms with Crippen LogP contribution in [0.4, 0.5) is 13.2 Å². The van der Waals surface area contributed by atoms with Crippen molar-refractivity contribution in [2.75, 3.05) is 13.7 Å². The van der Waals surface area contributed by atoms with Gasteiger partial charge in [-0.2, -0.15) is 0 Å². The summed E-state index contributed by atoms with van der Waals surface area (Å²) in [7, 11) is 1.27. The highest BCUT2D eigenvalue weighted by Gasteiger charge is 2.30. The minimum absolute atomic E-state index is 0.0390. The Hall–Kier alpha value is -1.76. The maximum absolute atomic E-state index is 11.9. The first-order chi connectivity index (χ1) is 8.40. The van der Waals surface area contributed by atoms with Crippen LogP contribution < -0.4 is 10.1 Å². The van der Waals surface area contributed by atoms with Gasteiger partial charge in [-0.3, -0.25) is 4.79 Å². The lowest BCUT2D eigenvalue weighted by Crippen LogP contribution is -2.23. The summed E-state index contributed by atoms with van der Waals surface area (Å²) in [6.45, 7) is 0.388. The molecule has 0 fully saturated rings. The molecule has 7 heteroatoms. The molecule has 0 radical (unpaired) electrons. The number of halogens is 3. The van der Waals surface area contributed by atoms with Crippen LogP contribution >= 0.6 is 0 Å². The van der Waals surface area contributed by atoms with E-state index in [4.69, 9.17) is 0 Å². The van der Waals surface area contributed by atoms with Crippen molar-refractivity contribution >= 4 is 5.97 Å². The average Bonchev–Trinajstić information content (AvgIpc) is 2.29. The van der Waals surface area contributed by atoms with E-state index in [1.54, 1.807) is 0 Å². The van der Waals surface area contributed by atoms with Crippen LogP contribution in [0.3, 0.4) is 0 Å². The fourth-order valence-corrected chi connectivity index (χ4v) is 1.19. The number of ether oxygens (including phenoxy) is 2. The van der Waals surface area contributed by atoms with Gasteiger partial charge in [-0.05, 0) is 17.7 Å². The van der Waals surface area contributed by atoms with Crippen LogP contribution in [-0.2, 0) is 16.1 Å². The van der Waals surface area contributed by atoms with E-state index in [1.807, 2.05) is 0 Å². The largest absolute Gasteiger partial charge is 0.573 e. The van der Waals surface area contributed by atoms with Crippen molar-refractivity contribution < 1.29 is 27.4 Å². The predicted molar refractivity (Wildman–Crippen MR) is 56.8 cm³/mol. The third-order valence-electron chi connectivity index (χ3n) is 1.98. The van der Waals surface area contributed by atoms with E-state index >= 15 is 0 Å². The van der Waals surface area contributed by atoms with Crippen molar-refractivity contribution in [2.24, 2.45) is 0 Å². The normalized spacial score (nSPS) is 11.1. The number of carbonyl (C=O) groups excluding carboxylic acids is 1. The Kier molecular flexibility index (Phi) is 4.96. The van der Waals surface area contributed by atoms with E-state index in [0.717, 1.165) is 5.56 Å². The van der Waals surface area contributed by atoms with Gasteiger partial charge in [-0.15, -0.1) is 13.2 Å². The summed E-state index contributed by atoms with van der Waals surface area (Å²) < 4.78 is 43.8. The Balaban J connectivity index is 2.43. The smallest absolute Gasteiger partial charge is 0.468 e. The lowest BCUT2D eigenvalue weighted by Gasteiger charge is -2.09. The monoisotopic (exact) mass is 263 g/mol. The average molecular weight is 263 g/mol. The summed E-state index contributed by atoms with van der Waals surface area (Å²) >= 11 is 0. The van der Waals surface area contributed by atoms with Crippen LogP contribution in [0.25, 0.3) is 0 Å². The molecule has 18 heavy (non-hydrogen) atoms. The first-order valence-electron chi connectivity index (χ1n) is 5.03. The van der Waals surface area contributed by atoms with Crippen molar-refractivity contribution in [1.29, 1.82) is 0 Å². The molecule has 0 amide bonds. The number of rotatable bonds is 5. The molecule has 1 rings (SSSR count). The zero-order valence-electron chi connectivity index (χ0n) is 9.58. The van der Waals surface area contributed by atoms with Gasteiger partial charge in [-0.1, -0.05) is 12.1 Å². The highest BCUT2D eigenvalue weighted by atomic mass is 19.4. The highest BCUT2D eigenvalue weighted by molar-refractivity contribution is 5.71. The summed E-state index contributed by atoms with van der Waals surface area (Å²) in [6, 6.07) is 5.38. The van der Waals surface area contributed by atoms with Crippen molar-refractivity contribution in [3.63, 3.8) is 0 Å². The molecule has 0 atom stereocenters. The van der Waals surface area contributed by atoms with Gasteiger partial charge in [0, 0.05) is 6.54 Å². The summed E-state index contributed by atoms with van der Waals surface area (Å²) in [5.41, 5.74) is 0.730. The van der Waals surface area contributed by atoms with Crippen molar-refractivity contribution in [2.45, 2.75) is 12.9 Å². The SMILES string of the molecule is COC(=O)CNCc1ccc(OC(F)(F)F)cc1. The van der Waals surface area contributed by atoms with Gasteiger partial charge < -0.3 is 14.8 Å². The molecule has 0 unspecified atom stereocenters. The number of hydrogen-bond acceptors (Lipinski definition) is 4. The third kappa shape index (κ3) is 5.53. The number of benzene rings is 1. The summed E-state index contributed by atoms with van der Waals surface area (Å²) in [5.74, 6) is -0.689. The molecule has 0 saturated carbocycles. The zero-order chi connectivity index (χ0) is 13.6. The van der Waals surface area contributed by atoms with E-state index in [1.165, 1.54) is 31.4 Å². The fourth-order valence-electron chi connectivity index (χ4n) is 1.19. The third-order valence-corrected chi connectivity index (χ3v) is 1.98. The predicted octanol–water partition coefficient (Wildman–Crippen LogP) is 1.85. The molecule has 0 aliphatic rings. The first kappa shape index (κ1) is 14.3. The Morgan fingerprint density at radius 3 is 2.39 bits per heavy atom. The van der Waals surface area contributed by atoms with Crippen LogP contribution in [0.5, 0.6) is 5.75 Å². The Bertz CT molecular complexity index is 390. The molecule has 1 N–H and O–H groups in total. The minimum atomic E-state index is -4.69. The molecule has 1 aromatic carbocycles.